The number of aliphatic hydroxyl groups is 1. The highest BCUT2D eigenvalue weighted by atomic mass is 31.1. The Morgan fingerprint density at radius 2 is 1.90 bits per heavy atom. The first-order valence-corrected chi connectivity index (χ1v) is 10.7. The third-order valence-corrected chi connectivity index (χ3v) is 4.67. The number of aliphatic hydroxyl groups excluding tert-OH is 1. The molecular formula is C20H26N3O7P. The van der Waals surface area contributed by atoms with Crippen LogP contribution in [0.25, 0.3) is 0 Å². The van der Waals surface area contributed by atoms with Crippen molar-refractivity contribution in [3.8, 4) is 17.2 Å². The molecule has 10 nitrogen and oxygen atoms in total. The average molecular weight is 451 g/mol. The summed E-state index contributed by atoms with van der Waals surface area (Å²) in [6, 6.07) is 5.54. The first kappa shape index (κ1) is 24.5. The Bertz CT molecular complexity index is 920. The summed E-state index contributed by atoms with van der Waals surface area (Å²) >= 11 is 0. The zero-order valence-electron chi connectivity index (χ0n) is 17.7. The number of carbonyl (C=O) groups excluding carboxylic acids is 1. The molecule has 0 amide bonds. The number of rotatable bonds is 10. The summed E-state index contributed by atoms with van der Waals surface area (Å²) in [7, 11) is -2.45. The van der Waals surface area contributed by atoms with Gasteiger partial charge in [-0.25, -0.2) is 0 Å². The van der Waals surface area contributed by atoms with Crippen LogP contribution in [0.1, 0.15) is 37.6 Å². The Kier molecular flexibility index (Phi) is 9.14. The topological polar surface area (TPSA) is 146 Å². The SMILES string of the molecule is Cc1ncc(COc2ccc(O/[P+]([O-])=N/N[C@H](C)C(=O)OC(C)C)cc2)c(CO)c1O. The van der Waals surface area contributed by atoms with Crippen LogP contribution in [0.3, 0.4) is 0 Å². The number of aromatic hydroxyl groups is 1. The molecule has 31 heavy (non-hydrogen) atoms. The van der Waals surface area contributed by atoms with E-state index in [9.17, 15) is 19.9 Å². The van der Waals surface area contributed by atoms with Crippen molar-refractivity contribution in [2.45, 2.75) is 53.1 Å². The van der Waals surface area contributed by atoms with E-state index in [4.69, 9.17) is 14.0 Å². The molecule has 1 aromatic carbocycles. The summed E-state index contributed by atoms with van der Waals surface area (Å²) in [4.78, 5) is 31.3. The maximum atomic E-state index is 11.9. The van der Waals surface area contributed by atoms with Crippen LogP contribution in [0.4, 0.5) is 0 Å². The number of pyridine rings is 1. The molecule has 2 aromatic rings. The maximum absolute atomic E-state index is 11.9. The average Bonchev–Trinajstić information content (AvgIpc) is 2.73. The van der Waals surface area contributed by atoms with E-state index < -0.39 is 20.2 Å². The minimum absolute atomic E-state index is 0.0553. The first-order chi connectivity index (χ1) is 14.7. The quantitative estimate of drug-likeness (QED) is 0.281. The van der Waals surface area contributed by atoms with Crippen molar-refractivity contribution < 1.29 is 33.9 Å². The van der Waals surface area contributed by atoms with Crippen molar-refractivity contribution >= 4 is 14.1 Å². The van der Waals surface area contributed by atoms with Gasteiger partial charge in [-0.3, -0.25) is 14.3 Å². The summed E-state index contributed by atoms with van der Waals surface area (Å²) in [5.41, 5.74) is 3.80. The second kappa shape index (κ2) is 11.6. The molecule has 1 unspecified atom stereocenters. The van der Waals surface area contributed by atoms with Gasteiger partial charge in [-0.1, -0.05) is 0 Å². The number of carbonyl (C=O) groups is 1. The minimum atomic E-state index is -2.45. The number of nitrogens with one attached hydrogen (secondary N) is 1. The highest BCUT2D eigenvalue weighted by Crippen LogP contribution is 2.27. The van der Waals surface area contributed by atoms with Crippen molar-refractivity contribution in [2.75, 3.05) is 0 Å². The van der Waals surface area contributed by atoms with Crippen molar-refractivity contribution in [1.29, 1.82) is 0 Å². The molecule has 11 heteroatoms. The van der Waals surface area contributed by atoms with Crippen molar-refractivity contribution in [3.63, 3.8) is 0 Å². The van der Waals surface area contributed by atoms with Crippen molar-refractivity contribution in [3.05, 3.63) is 47.3 Å². The molecule has 168 valence electrons. The molecule has 0 fully saturated rings. The smallest absolute Gasteiger partial charge is 0.412 e. The van der Waals surface area contributed by atoms with E-state index >= 15 is 0 Å². The molecule has 0 saturated carbocycles. The lowest BCUT2D eigenvalue weighted by atomic mass is 10.1. The predicted molar refractivity (Wildman–Crippen MR) is 111 cm³/mol. The molecule has 1 heterocycles. The number of aryl methyl sites for hydroxylation is 1. The number of ether oxygens (including phenoxy) is 2. The standard InChI is InChI=1S/C20H26N3O7P/c1-12(2)29-20(26)14(4)22-23-31(27)30-17-7-5-16(6-8-17)28-11-15-9-21-13(3)19(25)18(15)10-24/h5-9,12,14,22,24-25H,10-11H2,1-4H3/t14-/m1/s1. The molecule has 0 saturated heterocycles. The Morgan fingerprint density at radius 1 is 1.26 bits per heavy atom. The maximum Gasteiger partial charge on any atom is 0.412 e. The van der Waals surface area contributed by atoms with E-state index in [2.05, 4.69) is 15.3 Å². The number of benzene rings is 1. The lowest BCUT2D eigenvalue weighted by Crippen LogP contribution is -2.33. The number of hydrogen-bond acceptors (Lipinski definition) is 9. The number of aromatic nitrogens is 1. The molecule has 0 radical (unpaired) electrons. The van der Waals surface area contributed by atoms with Crippen LogP contribution in [0.5, 0.6) is 17.2 Å². The van der Waals surface area contributed by atoms with Gasteiger partial charge < -0.3 is 24.6 Å². The largest absolute Gasteiger partial charge is 0.574 e. The molecule has 0 spiro atoms. The molecule has 2 rings (SSSR count). The van der Waals surface area contributed by atoms with Crippen LogP contribution in [-0.4, -0.2) is 33.3 Å². The number of esters is 1. The van der Waals surface area contributed by atoms with Gasteiger partial charge in [-0.2, -0.15) is 5.43 Å². The lowest BCUT2D eigenvalue weighted by molar-refractivity contribution is -0.169. The summed E-state index contributed by atoms with van der Waals surface area (Å²) in [6.07, 6.45) is 1.28. The summed E-state index contributed by atoms with van der Waals surface area (Å²) in [5.74, 6) is 0.221. The highest BCUT2D eigenvalue weighted by molar-refractivity contribution is 7.33. The van der Waals surface area contributed by atoms with Crippen LogP contribution in [0.15, 0.2) is 35.3 Å². The Morgan fingerprint density at radius 3 is 2.52 bits per heavy atom. The van der Waals surface area contributed by atoms with Gasteiger partial charge in [0, 0.05) is 22.2 Å². The Labute approximate surface area is 181 Å². The molecule has 3 N–H and O–H groups in total. The summed E-state index contributed by atoms with van der Waals surface area (Å²) < 4.78 is 15.9. The molecule has 1 aromatic heterocycles. The number of nitrogens with zero attached hydrogens (tertiary/aromatic N) is 2. The monoisotopic (exact) mass is 451 g/mol. The van der Waals surface area contributed by atoms with Crippen molar-refractivity contribution in [1.82, 2.24) is 10.4 Å². The van der Waals surface area contributed by atoms with E-state index in [-0.39, 0.29) is 25.1 Å². The number of hydrogen-bond donors (Lipinski definition) is 3. The molecule has 0 bridgehead atoms. The molecular weight excluding hydrogens is 425 g/mol. The van der Waals surface area contributed by atoms with Crippen LogP contribution < -0.4 is 19.6 Å². The van der Waals surface area contributed by atoms with Crippen LogP contribution >= 0.6 is 8.17 Å². The Balaban J connectivity index is 1.91. The van der Waals surface area contributed by atoms with E-state index in [0.29, 0.717) is 28.3 Å². The predicted octanol–water partition coefficient (Wildman–Crippen LogP) is 2.25. The van der Waals surface area contributed by atoms with Gasteiger partial charge in [-0.05, 0) is 52.0 Å². The van der Waals surface area contributed by atoms with Crippen LogP contribution in [-0.2, 0) is 22.7 Å². The summed E-state index contributed by atoms with van der Waals surface area (Å²) in [6.45, 7) is 6.39. The fourth-order valence-corrected chi connectivity index (χ4v) is 2.98. The van der Waals surface area contributed by atoms with Crippen LogP contribution in [0.2, 0.25) is 0 Å². The second-order valence-corrected chi connectivity index (χ2v) is 7.74. The van der Waals surface area contributed by atoms with Crippen molar-refractivity contribution in [2.24, 2.45) is 4.85 Å². The lowest BCUT2D eigenvalue weighted by Gasteiger charge is -2.12. The Hall–Kier alpha value is -2.78. The minimum Gasteiger partial charge on any atom is -0.574 e. The zero-order chi connectivity index (χ0) is 23.0. The first-order valence-electron chi connectivity index (χ1n) is 9.53. The van der Waals surface area contributed by atoms with E-state index in [0.717, 1.165) is 0 Å². The molecule has 0 aliphatic heterocycles. The molecule has 0 aliphatic carbocycles. The van der Waals surface area contributed by atoms with Gasteiger partial charge in [0.25, 0.3) is 0 Å². The molecule has 0 aliphatic rings. The van der Waals surface area contributed by atoms with Gasteiger partial charge in [0.05, 0.1) is 18.4 Å². The third-order valence-electron chi connectivity index (χ3n) is 4.03. The molecule has 2 atom stereocenters. The summed E-state index contributed by atoms with van der Waals surface area (Å²) in [5, 5.41) is 19.4. The van der Waals surface area contributed by atoms with Gasteiger partial charge >= 0.3 is 14.1 Å². The van der Waals surface area contributed by atoms with E-state index in [1.165, 1.54) is 13.1 Å². The van der Waals surface area contributed by atoms with Gasteiger partial charge in [-0.15, -0.1) is 0 Å². The fraction of sp³-hybridized carbons (Fsp3) is 0.400. The van der Waals surface area contributed by atoms with Crippen LogP contribution in [0, 0.1) is 6.92 Å². The van der Waals surface area contributed by atoms with E-state index in [1.807, 2.05) is 0 Å². The highest BCUT2D eigenvalue weighted by Gasteiger charge is 2.17. The van der Waals surface area contributed by atoms with Gasteiger partial charge in [0.1, 0.15) is 24.1 Å². The van der Waals surface area contributed by atoms with Gasteiger partial charge in [0.15, 0.2) is 5.75 Å². The normalized spacial score (nSPS) is 12.5. The fourth-order valence-electron chi connectivity index (χ4n) is 2.37. The zero-order valence-corrected chi connectivity index (χ0v) is 18.6. The van der Waals surface area contributed by atoms with Gasteiger partial charge in [0.2, 0.25) is 0 Å². The van der Waals surface area contributed by atoms with E-state index in [1.54, 1.807) is 45.0 Å². The second-order valence-electron chi connectivity index (χ2n) is 6.88. The third kappa shape index (κ3) is 7.45.